The van der Waals surface area contributed by atoms with E-state index >= 15 is 0 Å². The average Bonchev–Trinajstić information content (AvgIpc) is 2.85. The number of benzene rings is 1. The van der Waals surface area contributed by atoms with Crippen LogP contribution in [0.2, 0.25) is 0 Å². The zero-order valence-electron chi connectivity index (χ0n) is 17.3. The maximum Gasteiger partial charge on any atom is 0.133 e. The number of rotatable bonds is 3. The van der Waals surface area contributed by atoms with Crippen LogP contribution in [0.15, 0.2) is 42.7 Å². The first-order chi connectivity index (χ1) is 13.4. The third-order valence-electron chi connectivity index (χ3n) is 5.45. The molecule has 0 bridgehead atoms. The summed E-state index contributed by atoms with van der Waals surface area (Å²) in [4.78, 5) is 11.7. The summed E-state index contributed by atoms with van der Waals surface area (Å²) in [6, 6.07) is 10.5. The molecule has 0 radical (unpaired) electrons. The van der Waals surface area contributed by atoms with Gasteiger partial charge in [-0.2, -0.15) is 5.10 Å². The highest BCUT2D eigenvalue weighted by Crippen LogP contribution is 2.28. The maximum absolute atomic E-state index is 4.82. The van der Waals surface area contributed by atoms with E-state index in [-0.39, 0.29) is 5.41 Å². The van der Waals surface area contributed by atoms with Crippen molar-refractivity contribution in [2.24, 2.45) is 7.05 Å². The summed E-state index contributed by atoms with van der Waals surface area (Å²) in [6.07, 6.45) is 6.02. The highest BCUT2D eigenvalue weighted by molar-refractivity contribution is 5.64. The maximum atomic E-state index is 4.82. The molecule has 5 heteroatoms. The van der Waals surface area contributed by atoms with Crippen LogP contribution >= 0.6 is 0 Å². The predicted molar refractivity (Wildman–Crippen MR) is 112 cm³/mol. The molecule has 0 saturated heterocycles. The third kappa shape index (κ3) is 3.85. The molecular weight excluding hydrogens is 346 g/mol. The van der Waals surface area contributed by atoms with Crippen molar-refractivity contribution in [2.75, 3.05) is 13.1 Å². The van der Waals surface area contributed by atoms with Gasteiger partial charge in [0, 0.05) is 73.3 Å². The first-order valence-electron chi connectivity index (χ1n) is 10.1. The lowest BCUT2D eigenvalue weighted by Crippen LogP contribution is -2.26. The topological polar surface area (TPSA) is 46.8 Å². The third-order valence-corrected chi connectivity index (χ3v) is 5.45. The lowest BCUT2D eigenvalue weighted by Gasteiger charge is -2.21. The molecule has 3 aromatic rings. The van der Waals surface area contributed by atoms with Crippen molar-refractivity contribution < 1.29 is 0 Å². The SMILES string of the molecule is Cn1nc(-c2ccccc2)c2c1CCN(Cc1cnc(C(C)(C)C)nc1)CC2. The summed E-state index contributed by atoms with van der Waals surface area (Å²) in [7, 11) is 2.07. The average molecular weight is 376 g/mol. The molecule has 0 atom stereocenters. The molecule has 3 heterocycles. The summed E-state index contributed by atoms with van der Waals surface area (Å²) in [5.41, 5.74) is 6.28. The van der Waals surface area contributed by atoms with Gasteiger partial charge in [0.25, 0.3) is 0 Å². The predicted octanol–water partition coefficient (Wildman–Crippen LogP) is 3.78. The Morgan fingerprint density at radius 2 is 1.64 bits per heavy atom. The Morgan fingerprint density at radius 1 is 0.964 bits per heavy atom. The fourth-order valence-electron chi connectivity index (χ4n) is 3.89. The second-order valence-electron chi connectivity index (χ2n) is 8.70. The normalized spacial score (nSPS) is 15.3. The highest BCUT2D eigenvalue weighted by atomic mass is 15.3. The van der Waals surface area contributed by atoms with Crippen molar-refractivity contribution in [3.05, 3.63) is 65.4 Å². The molecular formula is C23H29N5. The van der Waals surface area contributed by atoms with Gasteiger partial charge in [0.1, 0.15) is 5.82 Å². The van der Waals surface area contributed by atoms with E-state index in [9.17, 15) is 0 Å². The fourth-order valence-corrected chi connectivity index (χ4v) is 3.89. The van der Waals surface area contributed by atoms with E-state index in [2.05, 4.69) is 77.7 Å². The molecule has 0 N–H and O–H groups in total. The summed E-state index contributed by atoms with van der Waals surface area (Å²) < 4.78 is 2.07. The Kier molecular flexibility index (Phi) is 5.02. The standard InChI is InChI=1S/C23H29N5/c1-23(2,3)22-24-14-17(15-25-22)16-28-12-10-19-20(11-13-28)27(4)26-21(19)18-8-6-5-7-9-18/h5-9,14-15H,10-13,16H2,1-4H3. The minimum atomic E-state index is -0.0103. The van der Waals surface area contributed by atoms with Crippen LogP contribution in [0.4, 0.5) is 0 Å². The molecule has 0 fully saturated rings. The lowest BCUT2D eigenvalue weighted by molar-refractivity contribution is 0.277. The van der Waals surface area contributed by atoms with Crippen molar-refractivity contribution in [3.63, 3.8) is 0 Å². The molecule has 0 aliphatic carbocycles. The Balaban J connectivity index is 1.49. The number of hydrogen-bond donors (Lipinski definition) is 0. The first-order valence-corrected chi connectivity index (χ1v) is 10.1. The van der Waals surface area contributed by atoms with Gasteiger partial charge >= 0.3 is 0 Å². The quantitative estimate of drug-likeness (QED) is 0.699. The van der Waals surface area contributed by atoms with Crippen LogP contribution in [0, 0.1) is 0 Å². The molecule has 0 amide bonds. The summed E-state index contributed by atoms with van der Waals surface area (Å²) in [5.74, 6) is 0.901. The summed E-state index contributed by atoms with van der Waals surface area (Å²) >= 11 is 0. The zero-order valence-corrected chi connectivity index (χ0v) is 17.3. The van der Waals surface area contributed by atoms with Crippen LogP contribution in [0.1, 0.15) is 43.4 Å². The van der Waals surface area contributed by atoms with Crippen LogP contribution in [-0.4, -0.2) is 37.7 Å². The van der Waals surface area contributed by atoms with E-state index in [4.69, 9.17) is 5.10 Å². The fraction of sp³-hybridized carbons (Fsp3) is 0.435. The number of aryl methyl sites for hydroxylation is 1. The van der Waals surface area contributed by atoms with Gasteiger partial charge in [0.15, 0.2) is 0 Å². The van der Waals surface area contributed by atoms with Crippen LogP contribution in [0.5, 0.6) is 0 Å². The van der Waals surface area contributed by atoms with Crippen LogP contribution < -0.4 is 0 Å². The van der Waals surface area contributed by atoms with Gasteiger partial charge in [-0.1, -0.05) is 51.1 Å². The molecule has 1 aliphatic rings. The van der Waals surface area contributed by atoms with Gasteiger partial charge in [-0.25, -0.2) is 9.97 Å². The van der Waals surface area contributed by atoms with E-state index in [1.165, 1.54) is 22.4 Å². The van der Waals surface area contributed by atoms with Crippen molar-refractivity contribution in [3.8, 4) is 11.3 Å². The summed E-state index contributed by atoms with van der Waals surface area (Å²) in [5, 5.41) is 4.82. The van der Waals surface area contributed by atoms with E-state index < -0.39 is 0 Å². The number of nitrogens with zero attached hydrogens (tertiary/aromatic N) is 5. The Bertz CT molecular complexity index is 936. The first kappa shape index (κ1) is 18.8. The largest absolute Gasteiger partial charge is 0.298 e. The van der Waals surface area contributed by atoms with Crippen molar-refractivity contribution in [1.82, 2.24) is 24.6 Å². The highest BCUT2D eigenvalue weighted by Gasteiger charge is 2.22. The molecule has 0 spiro atoms. The lowest BCUT2D eigenvalue weighted by atomic mass is 9.96. The van der Waals surface area contributed by atoms with Crippen LogP contribution in [-0.2, 0) is 31.8 Å². The zero-order chi connectivity index (χ0) is 19.7. The molecule has 0 unspecified atom stereocenters. The molecule has 4 rings (SSSR count). The smallest absolute Gasteiger partial charge is 0.133 e. The second-order valence-corrected chi connectivity index (χ2v) is 8.70. The van der Waals surface area contributed by atoms with Gasteiger partial charge in [-0.05, 0) is 6.42 Å². The molecule has 0 saturated carbocycles. The van der Waals surface area contributed by atoms with Gasteiger partial charge in [0.05, 0.1) is 5.69 Å². The monoisotopic (exact) mass is 375 g/mol. The Morgan fingerprint density at radius 3 is 2.32 bits per heavy atom. The van der Waals surface area contributed by atoms with Crippen molar-refractivity contribution >= 4 is 0 Å². The molecule has 1 aromatic carbocycles. The van der Waals surface area contributed by atoms with Gasteiger partial charge in [-0.15, -0.1) is 0 Å². The Labute approximate surface area is 167 Å². The summed E-state index contributed by atoms with van der Waals surface area (Å²) in [6.45, 7) is 9.39. The molecule has 2 aromatic heterocycles. The van der Waals surface area contributed by atoms with Gasteiger partial charge in [0.2, 0.25) is 0 Å². The minimum Gasteiger partial charge on any atom is -0.298 e. The number of hydrogen-bond acceptors (Lipinski definition) is 4. The van der Waals surface area contributed by atoms with Crippen LogP contribution in [0.3, 0.4) is 0 Å². The molecule has 28 heavy (non-hydrogen) atoms. The van der Waals surface area contributed by atoms with Crippen LogP contribution in [0.25, 0.3) is 11.3 Å². The van der Waals surface area contributed by atoms with E-state index in [0.29, 0.717) is 0 Å². The second kappa shape index (κ2) is 7.47. The van der Waals surface area contributed by atoms with Crippen molar-refractivity contribution in [1.29, 1.82) is 0 Å². The molecule has 1 aliphatic heterocycles. The van der Waals surface area contributed by atoms with Gasteiger partial charge < -0.3 is 0 Å². The molecule has 5 nitrogen and oxygen atoms in total. The minimum absolute atomic E-state index is 0.0103. The number of fused-ring (bicyclic) bond motifs is 1. The van der Waals surface area contributed by atoms with E-state index in [1.807, 2.05) is 12.4 Å². The van der Waals surface area contributed by atoms with Crippen molar-refractivity contribution in [2.45, 2.75) is 45.6 Å². The van der Waals surface area contributed by atoms with Gasteiger partial charge in [-0.3, -0.25) is 9.58 Å². The van der Waals surface area contributed by atoms with E-state index in [1.54, 1.807) is 0 Å². The number of aromatic nitrogens is 4. The Hall–Kier alpha value is -2.53. The van der Waals surface area contributed by atoms with E-state index in [0.717, 1.165) is 44.0 Å². The molecule has 146 valence electrons.